The molecule has 2 heteroatoms. The maximum atomic E-state index is 5.53. The van der Waals surface area contributed by atoms with Crippen molar-refractivity contribution < 1.29 is 0 Å². The Morgan fingerprint density at radius 1 is 1.27 bits per heavy atom. The molecule has 0 radical (unpaired) electrons. The van der Waals surface area contributed by atoms with Gasteiger partial charge in [-0.15, -0.1) is 11.6 Å². The molecule has 0 bridgehead atoms. The summed E-state index contributed by atoms with van der Waals surface area (Å²) >= 11 is 5.53. The predicted octanol–water partition coefficient (Wildman–Crippen LogP) is 2.39. The lowest BCUT2D eigenvalue weighted by Crippen LogP contribution is -1.87. The predicted molar refractivity (Wildman–Crippen MR) is 50.7 cm³/mol. The zero-order chi connectivity index (χ0) is 8.53. The van der Waals surface area contributed by atoms with E-state index in [0.29, 0.717) is 5.88 Å². The van der Waals surface area contributed by atoms with Crippen molar-refractivity contribution in [1.82, 2.24) is 0 Å². The molecule has 0 saturated heterocycles. The Balaban J connectivity index is 0.000000292. The number of benzene rings is 1. The monoisotopic (exact) mass is 171 g/mol. The highest BCUT2D eigenvalue weighted by Crippen LogP contribution is 2.00. The topological polar surface area (TPSA) is 26.0 Å². The van der Waals surface area contributed by atoms with Crippen molar-refractivity contribution in [3.8, 4) is 0 Å². The molecule has 0 amide bonds. The molecule has 1 rings (SSSR count). The van der Waals surface area contributed by atoms with Crippen LogP contribution in [0.1, 0.15) is 12.5 Å². The lowest BCUT2D eigenvalue weighted by atomic mass is 10.2. The first-order valence-corrected chi connectivity index (χ1v) is 4.18. The zero-order valence-corrected chi connectivity index (χ0v) is 7.51. The van der Waals surface area contributed by atoms with E-state index in [4.69, 9.17) is 17.3 Å². The fourth-order valence-corrected chi connectivity index (χ4v) is 0.745. The molecule has 0 aliphatic rings. The van der Waals surface area contributed by atoms with E-state index in [0.717, 1.165) is 6.54 Å². The minimum absolute atomic E-state index is 0.612. The van der Waals surface area contributed by atoms with Gasteiger partial charge in [0.15, 0.2) is 0 Å². The van der Waals surface area contributed by atoms with E-state index in [1.807, 2.05) is 37.3 Å². The van der Waals surface area contributed by atoms with Crippen LogP contribution in [0.4, 0.5) is 0 Å². The Labute approximate surface area is 73.2 Å². The highest BCUT2D eigenvalue weighted by Gasteiger charge is 1.81. The molecule has 1 aromatic carbocycles. The first-order valence-electron chi connectivity index (χ1n) is 3.65. The molecule has 0 spiro atoms. The van der Waals surface area contributed by atoms with Crippen LogP contribution in [0, 0.1) is 0 Å². The normalized spacial score (nSPS) is 8.27. The molecule has 2 N–H and O–H groups in total. The smallest absolute Gasteiger partial charge is 0.0474 e. The van der Waals surface area contributed by atoms with Crippen LogP contribution in [0.2, 0.25) is 0 Å². The molecule has 0 aromatic heterocycles. The van der Waals surface area contributed by atoms with Gasteiger partial charge in [-0.2, -0.15) is 0 Å². The van der Waals surface area contributed by atoms with Crippen LogP contribution in [-0.2, 0) is 5.88 Å². The summed E-state index contributed by atoms with van der Waals surface area (Å²) in [5.41, 5.74) is 6.02. The standard InChI is InChI=1S/C7H7Cl.C2H7N/c8-6-7-4-2-1-3-5-7;1-2-3/h1-5H,6H2;2-3H2,1H3. The second-order valence-electron chi connectivity index (χ2n) is 2.03. The third-order valence-corrected chi connectivity index (χ3v) is 1.31. The summed E-state index contributed by atoms with van der Waals surface area (Å²) < 4.78 is 0. The number of hydrogen-bond acceptors (Lipinski definition) is 1. The van der Waals surface area contributed by atoms with E-state index >= 15 is 0 Å². The summed E-state index contributed by atoms with van der Waals surface area (Å²) in [7, 11) is 0. The van der Waals surface area contributed by atoms with Crippen molar-refractivity contribution in [3.05, 3.63) is 35.9 Å². The number of nitrogens with two attached hydrogens (primary N) is 1. The molecule has 0 saturated carbocycles. The van der Waals surface area contributed by atoms with Crippen molar-refractivity contribution in [2.75, 3.05) is 6.54 Å². The van der Waals surface area contributed by atoms with Crippen LogP contribution in [0.3, 0.4) is 0 Å². The van der Waals surface area contributed by atoms with Gasteiger partial charge in [0.25, 0.3) is 0 Å². The number of rotatable bonds is 1. The Kier molecular flexibility index (Phi) is 7.21. The van der Waals surface area contributed by atoms with Crippen LogP contribution in [0.25, 0.3) is 0 Å². The fraction of sp³-hybridized carbons (Fsp3) is 0.333. The second kappa shape index (κ2) is 7.58. The molecule has 1 nitrogen and oxygen atoms in total. The molecule has 0 heterocycles. The first-order chi connectivity index (χ1) is 5.35. The van der Waals surface area contributed by atoms with E-state index in [9.17, 15) is 0 Å². The number of halogens is 1. The lowest BCUT2D eigenvalue weighted by molar-refractivity contribution is 1.14. The minimum Gasteiger partial charge on any atom is -0.331 e. The van der Waals surface area contributed by atoms with E-state index in [-0.39, 0.29) is 0 Å². The molecule has 0 atom stereocenters. The van der Waals surface area contributed by atoms with Crippen LogP contribution in [-0.4, -0.2) is 6.54 Å². The summed E-state index contributed by atoms with van der Waals surface area (Å²) in [6.07, 6.45) is 0. The molecule has 0 fully saturated rings. The van der Waals surface area contributed by atoms with Gasteiger partial charge in [0.1, 0.15) is 0 Å². The van der Waals surface area contributed by atoms with E-state index in [1.165, 1.54) is 5.56 Å². The molecule has 0 aliphatic heterocycles. The van der Waals surface area contributed by atoms with Crippen LogP contribution < -0.4 is 5.73 Å². The molecule has 1 aromatic rings. The summed E-state index contributed by atoms with van der Waals surface area (Å²) in [5.74, 6) is 0.612. The van der Waals surface area contributed by atoms with Crippen LogP contribution >= 0.6 is 11.6 Å². The molecule has 0 aliphatic carbocycles. The highest BCUT2D eigenvalue weighted by atomic mass is 35.5. The second-order valence-corrected chi connectivity index (χ2v) is 2.29. The van der Waals surface area contributed by atoms with Crippen LogP contribution in [0.15, 0.2) is 30.3 Å². The van der Waals surface area contributed by atoms with E-state index in [2.05, 4.69) is 0 Å². The average Bonchev–Trinajstić information content (AvgIpc) is 2.08. The largest absolute Gasteiger partial charge is 0.331 e. The Morgan fingerprint density at radius 3 is 2.00 bits per heavy atom. The minimum atomic E-state index is 0.612. The van der Waals surface area contributed by atoms with Gasteiger partial charge >= 0.3 is 0 Å². The average molecular weight is 172 g/mol. The Hall–Kier alpha value is -0.530. The Bertz CT molecular complexity index is 162. The van der Waals surface area contributed by atoms with Gasteiger partial charge in [-0.1, -0.05) is 37.3 Å². The highest BCUT2D eigenvalue weighted by molar-refractivity contribution is 6.17. The zero-order valence-electron chi connectivity index (χ0n) is 6.76. The summed E-state index contributed by atoms with van der Waals surface area (Å²) in [6, 6.07) is 9.96. The van der Waals surface area contributed by atoms with Gasteiger partial charge in [0, 0.05) is 5.88 Å². The fourth-order valence-electron chi connectivity index (χ4n) is 0.567. The van der Waals surface area contributed by atoms with Gasteiger partial charge < -0.3 is 5.73 Å². The van der Waals surface area contributed by atoms with Gasteiger partial charge in [-0.25, -0.2) is 0 Å². The molecule has 11 heavy (non-hydrogen) atoms. The summed E-state index contributed by atoms with van der Waals surface area (Å²) in [6.45, 7) is 2.65. The van der Waals surface area contributed by atoms with Crippen molar-refractivity contribution in [2.24, 2.45) is 5.73 Å². The summed E-state index contributed by atoms with van der Waals surface area (Å²) in [5, 5.41) is 0. The lowest BCUT2D eigenvalue weighted by Gasteiger charge is -1.88. The van der Waals surface area contributed by atoms with Crippen molar-refractivity contribution in [2.45, 2.75) is 12.8 Å². The molecular weight excluding hydrogens is 158 g/mol. The van der Waals surface area contributed by atoms with Gasteiger partial charge in [-0.3, -0.25) is 0 Å². The first kappa shape index (κ1) is 10.5. The van der Waals surface area contributed by atoms with Crippen molar-refractivity contribution in [1.29, 1.82) is 0 Å². The SMILES string of the molecule is CCN.ClCc1ccccc1. The third kappa shape index (κ3) is 5.89. The van der Waals surface area contributed by atoms with Gasteiger partial charge in [0.05, 0.1) is 0 Å². The quantitative estimate of drug-likeness (QED) is 0.646. The van der Waals surface area contributed by atoms with Gasteiger partial charge in [0.2, 0.25) is 0 Å². The number of hydrogen-bond donors (Lipinski definition) is 1. The van der Waals surface area contributed by atoms with Crippen molar-refractivity contribution >= 4 is 11.6 Å². The van der Waals surface area contributed by atoms with E-state index in [1.54, 1.807) is 0 Å². The molecule has 62 valence electrons. The maximum Gasteiger partial charge on any atom is 0.0474 e. The van der Waals surface area contributed by atoms with Crippen LogP contribution in [0.5, 0.6) is 0 Å². The molecular formula is C9H14ClN. The van der Waals surface area contributed by atoms with Crippen molar-refractivity contribution in [3.63, 3.8) is 0 Å². The maximum absolute atomic E-state index is 5.53. The molecule has 0 unspecified atom stereocenters. The van der Waals surface area contributed by atoms with Gasteiger partial charge in [-0.05, 0) is 12.1 Å². The summed E-state index contributed by atoms with van der Waals surface area (Å²) in [4.78, 5) is 0. The Morgan fingerprint density at radius 2 is 1.73 bits per heavy atom. The van der Waals surface area contributed by atoms with E-state index < -0.39 is 0 Å². The third-order valence-electron chi connectivity index (χ3n) is 0.997. The number of alkyl halides is 1.